The van der Waals surface area contributed by atoms with Crippen LogP contribution in [0.25, 0.3) is 0 Å². The lowest BCUT2D eigenvalue weighted by atomic mass is 10.0. The van der Waals surface area contributed by atoms with Gasteiger partial charge in [0.2, 0.25) is 0 Å². The molecule has 0 bridgehead atoms. The molecular formula is C66H116O6. The second kappa shape index (κ2) is 60.4. The van der Waals surface area contributed by atoms with Crippen molar-refractivity contribution in [1.29, 1.82) is 0 Å². The first-order valence-electron chi connectivity index (χ1n) is 30.9. The molecule has 0 aliphatic heterocycles. The van der Waals surface area contributed by atoms with Gasteiger partial charge in [0.25, 0.3) is 0 Å². The number of rotatable bonds is 56. The van der Waals surface area contributed by atoms with Gasteiger partial charge in [-0.25, -0.2) is 0 Å². The van der Waals surface area contributed by atoms with Crippen molar-refractivity contribution in [3.05, 3.63) is 72.9 Å². The highest BCUT2D eigenvalue weighted by Crippen LogP contribution is 2.17. The summed E-state index contributed by atoms with van der Waals surface area (Å²) < 4.78 is 16.9. The maximum Gasteiger partial charge on any atom is 0.306 e. The van der Waals surface area contributed by atoms with Crippen LogP contribution < -0.4 is 0 Å². The summed E-state index contributed by atoms with van der Waals surface area (Å²) in [5.41, 5.74) is 0. The van der Waals surface area contributed by atoms with Crippen LogP contribution in [0.2, 0.25) is 0 Å². The fourth-order valence-electron chi connectivity index (χ4n) is 8.82. The minimum absolute atomic E-state index is 0.0878. The predicted molar refractivity (Wildman–Crippen MR) is 311 cm³/mol. The summed E-state index contributed by atoms with van der Waals surface area (Å²) in [5, 5.41) is 0. The molecule has 0 aromatic carbocycles. The zero-order valence-corrected chi connectivity index (χ0v) is 47.7. The Morgan fingerprint density at radius 2 is 0.542 bits per heavy atom. The van der Waals surface area contributed by atoms with E-state index in [-0.39, 0.29) is 31.1 Å². The van der Waals surface area contributed by atoms with Crippen molar-refractivity contribution in [3.63, 3.8) is 0 Å². The summed E-state index contributed by atoms with van der Waals surface area (Å²) in [4.78, 5) is 38.3. The predicted octanol–water partition coefficient (Wildman–Crippen LogP) is 20.9. The fourth-order valence-corrected chi connectivity index (χ4v) is 8.82. The molecule has 0 aliphatic rings. The van der Waals surface area contributed by atoms with Crippen molar-refractivity contribution in [1.82, 2.24) is 0 Å². The molecule has 1 atom stereocenters. The average molecular weight is 1010 g/mol. The first kappa shape index (κ1) is 68.8. The lowest BCUT2D eigenvalue weighted by Crippen LogP contribution is -2.30. The second-order valence-electron chi connectivity index (χ2n) is 20.6. The van der Waals surface area contributed by atoms with Gasteiger partial charge in [-0.2, -0.15) is 0 Å². The Labute approximate surface area is 446 Å². The van der Waals surface area contributed by atoms with E-state index in [1.54, 1.807) is 0 Å². The van der Waals surface area contributed by atoms with Gasteiger partial charge in [-0.1, -0.05) is 273 Å². The van der Waals surface area contributed by atoms with Gasteiger partial charge in [0, 0.05) is 19.3 Å². The zero-order chi connectivity index (χ0) is 52.2. The first-order chi connectivity index (χ1) is 35.5. The minimum Gasteiger partial charge on any atom is -0.462 e. The lowest BCUT2D eigenvalue weighted by molar-refractivity contribution is -0.167. The van der Waals surface area contributed by atoms with Crippen LogP contribution in [0, 0.1) is 0 Å². The average Bonchev–Trinajstić information content (AvgIpc) is 3.38. The minimum atomic E-state index is -0.792. The molecule has 0 aliphatic carbocycles. The standard InChI is InChI=1S/C66H116O6/c1-4-7-10-13-16-19-22-25-28-31-33-35-38-41-44-47-50-53-56-59-65(68)71-62-63(61-70-64(67)58-55-52-49-46-43-40-37-30-27-24-21-18-15-12-9-6-3)72-66(69)60-57-54-51-48-45-42-39-36-34-32-29-26-23-20-17-14-11-8-5-2/h7,10,16,19,25,28,30,33,35,37,41,44,63H,4-6,8-9,11-15,17-18,20-24,26-27,29,31-32,34,36,38-40,42-43,45-62H2,1-3H3/b10-7-,19-16-,28-25-,35-33-,37-30-,44-41-/t63-/m1/s1. The van der Waals surface area contributed by atoms with Crippen molar-refractivity contribution in [3.8, 4) is 0 Å². The van der Waals surface area contributed by atoms with Gasteiger partial charge in [0.05, 0.1) is 0 Å². The Morgan fingerprint density at radius 1 is 0.292 bits per heavy atom. The normalized spacial score (nSPS) is 12.5. The van der Waals surface area contributed by atoms with Crippen molar-refractivity contribution in [2.24, 2.45) is 0 Å². The lowest BCUT2D eigenvalue weighted by Gasteiger charge is -2.18. The van der Waals surface area contributed by atoms with E-state index in [9.17, 15) is 14.4 Å². The van der Waals surface area contributed by atoms with E-state index in [4.69, 9.17) is 14.2 Å². The van der Waals surface area contributed by atoms with E-state index in [0.717, 1.165) is 103 Å². The Balaban J connectivity index is 4.42. The molecule has 416 valence electrons. The van der Waals surface area contributed by atoms with Gasteiger partial charge in [0.15, 0.2) is 6.10 Å². The van der Waals surface area contributed by atoms with Crippen LogP contribution in [-0.2, 0) is 28.6 Å². The summed E-state index contributed by atoms with van der Waals surface area (Å²) in [5.74, 6) is -0.913. The number of hydrogen-bond acceptors (Lipinski definition) is 6. The van der Waals surface area contributed by atoms with Crippen LogP contribution in [0.1, 0.15) is 310 Å². The molecular weight excluding hydrogens is 889 g/mol. The number of allylic oxidation sites excluding steroid dienone is 12. The number of hydrogen-bond donors (Lipinski definition) is 0. The van der Waals surface area contributed by atoms with E-state index in [1.165, 1.54) is 167 Å². The summed E-state index contributed by atoms with van der Waals surface area (Å²) in [6.45, 7) is 6.53. The molecule has 0 fully saturated rings. The number of unbranched alkanes of at least 4 members (excludes halogenated alkanes) is 33. The van der Waals surface area contributed by atoms with Crippen molar-refractivity contribution >= 4 is 17.9 Å². The SMILES string of the molecule is CC/C=C\C/C=C\C/C=C\C/C=C\C/C=C\CCCCCC(=O)OC[C@@H](COC(=O)CCCCCCC/C=C\CCCCCCCCC)OC(=O)CCCCCCCCCCCCCCCCCCCCC. The Morgan fingerprint density at radius 3 is 0.875 bits per heavy atom. The third kappa shape index (κ3) is 57.7. The van der Waals surface area contributed by atoms with E-state index in [0.29, 0.717) is 19.3 Å². The van der Waals surface area contributed by atoms with Crippen molar-refractivity contribution in [2.75, 3.05) is 13.2 Å². The van der Waals surface area contributed by atoms with Crippen LogP contribution in [0.5, 0.6) is 0 Å². The zero-order valence-electron chi connectivity index (χ0n) is 47.7. The number of esters is 3. The first-order valence-corrected chi connectivity index (χ1v) is 30.9. The van der Waals surface area contributed by atoms with Crippen LogP contribution >= 0.6 is 0 Å². The van der Waals surface area contributed by atoms with Gasteiger partial charge in [-0.3, -0.25) is 14.4 Å². The van der Waals surface area contributed by atoms with E-state index < -0.39 is 6.10 Å². The summed E-state index contributed by atoms with van der Waals surface area (Å²) in [6, 6.07) is 0. The molecule has 0 saturated heterocycles. The highest BCUT2D eigenvalue weighted by atomic mass is 16.6. The van der Waals surface area contributed by atoms with E-state index in [1.807, 2.05) is 0 Å². The molecule has 0 heterocycles. The largest absolute Gasteiger partial charge is 0.462 e. The van der Waals surface area contributed by atoms with E-state index >= 15 is 0 Å². The third-order valence-electron chi connectivity index (χ3n) is 13.4. The maximum absolute atomic E-state index is 12.9. The molecule has 0 amide bonds. The molecule has 0 rings (SSSR count). The van der Waals surface area contributed by atoms with Crippen LogP contribution in [-0.4, -0.2) is 37.2 Å². The molecule has 0 radical (unpaired) electrons. The van der Waals surface area contributed by atoms with Crippen molar-refractivity contribution < 1.29 is 28.6 Å². The topological polar surface area (TPSA) is 78.9 Å². The van der Waals surface area contributed by atoms with Crippen LogP contribution in [0.4, 0.5) is 0 Å². The molecule has 0 spiro atoms. The van der Waals surface area contributed by atoms with Gasteiger partial charge >= 0.3 is 17.9 Å². The smallest absolute Gasteiger partial charge is 0.306 e. The maximum atomic E-state index is 12.9. The Kier molecular flexibility index (Phi) is 57.8. The highest BCUT2D eigenvalue weighted by molar-refractivity contribution is 5.71. The van der Waals surface area contributed by atoms with Gasteiger partial charge in [0.1, 0.15) is 13.2 Å². The fraction of sp³-hybridized carbons (Fsp3) is 0.773. The molecule has 6 heteroatoms. The van der Waals surface area contributed by atoms with Gasteiger partial charge in [-0.15, -0.1) is 0 Å². The molecule has 0 unspecified atom stereocenters. The van der Waals surface area contributed by atoms with Crippen LogP contribution in [0.3, 0.4) is 0 Å². The monoisotopic (exact) mass is 1000 g/mol. The number of ether oxygens (including phenoxy) is 3. The number of carbonyl (C=O) groups excluding carboxylic acids is 3. The van der Waals surface area contributed by atoms with Crippen molar-refractivity contribution in [2.45, 2.75) is 316 Å². The molecule has 0 saturated carbocycles. The number of carbonyl (C=O) groups is 3. The van der Waals surface area contributed by atoms with E-state index in [2.05, 4.69) is 93.7 Å². The summed E-state index contributed by atoms with van der Waals surface area (Å²) in [7, 11) is 0. The molecule has 0 aromatic heterocycles. The van der Waals surface area contributed by atoms with Gasteiger partial charge in [-0.05, 0) is 89.9 Å². The molecule has 6 nitrogen and oxygen atoms in total. The molecule has 0 N–H and O–H groups in total. The van der Waals surface area contributed by atoms with Gasteiger partial charge < -0.3 is 14.2 Å². The third-order valence-corrected chi connectivity index (χ3v) is 13.4. The van der Waals surface area contributed by atoms with Crippen LogP contribution in [0.15, 0.2) is 72.9 Å². The summed E-state index contributed by atoms with van der Waals surface area (Å²) >= 11 is 0. The summed E-state index contributed by atoms with van der Waals surface area (Å²) in [6.07, 6.45) is 77.6. The second-order valence-corrected chi connectivity index (χ2v) is 20.6. The molecule has 72 heavy (non-hydrogen) atoms. The quantitative estimate of drug-likeness (QED) is 0.0261. The highest BCUT2D eigenvalue weighted by Gasteiger charge is 2.19. The Hall–Kier alpha value is -3.15. The molecule has 0 aromatic rings. The Bertz CT molecular complexity index is 1340.